The number of carbonyl (C=O) groups is 2. The van der Waals surface area contributed by atoms with Gasteiger partial charge in [-0.2, -0.15) is 4.39 Å². The summed E-state index contributed by atoms with van der Waals surface area (Å²) in [6.07, 6.45) is 5.30. The second-order valence-electron chi connectivity index (χ2n) is 10.7. The van der Waals surface area contributed by atoms with Gasteiger partial charge in [-0.25, -0.2) is 4.79 Å². The van der Waals surface area contributed by atoms with Gasteiger partial charge < -0.3 is 20.1 Å². The van der Waals surface area contributed by atoms with E-state index in [1.807, 2.05) is 6.92 Å². The first-order valence-electron chi connectivity index (χ1n) is 12.6. The molecule has 37 heavy (non-hydrogen) atoms. The number of nitrogens with one attached hydrogen (secondary N) is 2. The number of ether oxygens (including phenoxy) is 2. The summed E-state index contributed by atoms with van der Waals surface area (Å²) in [6, 6.07) is 0.281. The van der Waals surface area contributed by atoms with Crippen LogP contribution in [-0.2, 0) is 9.53 Å². The van der Waals surface area contributed by atoms with Crippen LogP contribution in [0.2, 0.25) is 5.15 Å². The van der Waals surface area contributed by atoms with Crippen LogP contribution in [0, 0.1) is 23.7 Å². The largest absolute Gasteiger partial charge is 0.480 e. The third kappa shape index (κ3) is 6.68. The lowest BCUT2D eigenvalue weighted by atomic mass is 9.88. The first kappa shape index (κ1) is 27.1. The number of halogens is 2. The van der Waals surface area contributed by atoms with Gasteiger partial charge in [0, 0.05) is 5.56 Å². The standard InChI is InChI=1S/C25H34ClFN6O4/c1-6-17(15-11-18(26)30-31-23(15)36-5)33-12-16(21(27)32-33)28-22(34)20(29-24(35)37-25(2,3)4)19(13-7-8-13)14-9-10-14/h11-14,17,19-20H,6-10H2,1-5H3,(H,28,34)(H,29,35). The van der Waals surface area contributed by atoms with E-state index < -0.39 is 35.6 Å². The Morgan fingerprint density at radius 1 is 1.22 bits per heavy atom. The van der Waals surface area contributed by atoms with E-state index >= 15 is 0 Å². The van der Waals surface area contributed by atoms with Crippen molar-refractivity contribution in [2.45, 2.75) is 77.5 Å². The molecule has 2 fully saturated rings. The first-order valence-corrected chi connectivity index (χ1v) is 13.0. The zero-order valence-corrected chi connectivity index (χ0v) is 22.5. The summed E-state index contributed by atoms with van der Waals surface area (Å²) < 4.78 is 27.1. The number of amides is 2. The molecule has 2 aromatic heterocycles. The summed E-state index contributed by atoms with van der Waals surface area (Å²) in [7, 11) is 1.46. The number of hydrogen-bond acceptors (Lipinski definition) is 7. The van der Waals surface area contributed by atoms with E-state index in [0.717, 1.165) is 25.7 Å². The minimum absolute atomic E-state index is 0.0247. The average Bonchev–Trinajstić information content (AvgIpc) is 3.74. The molecule has 2 N–H and O–H groups in total. The molecule has 202 valence electrons. The predicted octanol–water partition coefficient (Wildman–Crippen LogP) is 4.74. The van der Waals surface area contributed by atoms with Crippen LogP contribution in [0.15, 0.2) is 12.3 Å². The topological polar surface area (TPSA) is 120 Å². The second-order valence-corrected chi connectivity index (χ2v) is 11.1. The molecule has 2 aliphatic rings. The van der Waals surface area contributed by atoms with E-state index in [2.05, 4.69) is 25.9 Å². The van der Waals surface area contributed by atoms with Gasteiger partial charge >= 0.3 is 6.09 Å². The maximum atomic E-state index is 15.0. The van der Waals surface area contributed by atoms with E-state index in [9.17, 15) is 14.0 Å². The molecule has 4 rings (SSSR count). The van der Waals surface area contributed by atoms with Gasteiger partial charge in [0.1, 0.15) is 17.3 Å². The molecular formula is C25H34ClFN6O4. The Bertz CT molecular complexity index is 1130. The summed E-state index contributed by atoms with van der Waals surface area (Å²) in [5, 5.41) is 17.3. The number of anilines is 1. The van der Waals surface area contributed by atoms with Crippen molar-refractivity contribution in [1.82, 2.24) is 25.3 Å². The zero-order valence-electron chi connectivity index (χ0n) is 21.8. The van der Waals surface area contributed by atoms with E-state index in [1.165, 1.54) is 18.0 Å². The molecule has 0 aliphatic heterocycles. The highest BCUT2D eigenvalue weighted by atomic mass is 35.5. The van der Waals surface area contributed by atoms with E-state index in [0.29, 0.717) is 23.8 Å². The number of alkyl carbamates (subject to hydrolysis) is 1. The number of methoxy groups -OCH3 is 1. The molecule has 2 heterocycles. The SMILES string of the molecule is CCC(c1cc(Cl)nnc1OC)n1cc(NC(=O)C(NC(=O)OC(C)(C)C)C(C2CC2)C2CC2)c(F)n1. The third-order valence-corrected chi connectivity index (χ3v) is 6.82. The summed E-state index contributed by atoms with van der Waals surface area (Å²) in [5.41, 5.74) is -0.220. The van der Waals surface area contributed by atoms with Crippen molar-refractivity contribution in [1.29, 1.82) is 0 Å². The molecule has 2 atom stereocenters. The molecule has 0 spiro atoms. The van der Waals surface area contributed by atoms with Crippen LogP contribution in [0.4, 0.5) is 14.9 Å². The van der Waals surface area contributed by atoms with Gasteiger partial charge in [0.2, 0.25) is 11.8 Å². The molecule has 2 aliphatic carbocycles. The minimum atomic E-state index is -0.845. The Morgan fingerprint density at radius 2 is 1.86 bits per heavy atom. The van der Waals surface area contributed by atoms with Crippen LogP contribution in [0.3, 0.4) is 0 Å². The van der Waals surface area contributed by atoms with Crippen LogP contribution in [0.1, 0.15) is 71.4 Å². The average molecular weight is 537 g/mol. The van der Waals surface area contributed by atoms with Crippen molar-refractivity contribution in [3.8, 4) is 5.88 Å². The highest BCUT2D eigenvalue weighted by Crippen LogP contribution is 2.51. The summed E-state index contributed by atoms with van der Waals surface area (Å²) in [5.74, 6) is -0.408. The molecule has 0 aromatic carbocycles. The van der Waals surface area contributed by atoms with Crippen molar-refractivity contribution in [3.63, 3.8) is 0 Å². The lowest BCUT2D eigenvalue weighted by molar-refractivity contribution is -0.120. The maximum absolute atomic E-state index is 15.0. The Hall–Kier alpha value is -2.95. The van der Waals surface area contributed by atoms with Crippen molar-refractivity contribution < 1.29 is 23.5 Å². The van der Waals surface area contributed by atoms with Gasteiger partial charge in [-0.15, -0.1) is 15.3 Å². The Kier molecular flexibility index (Phi) is 7.91. The monoisotopic (exact) mass is 536 g/mol. The molecule has 2 aromatic rings. The van der Waals surface area contributed by atoms with Gasteiger partial charge in [0.05, 0.1) is 19.3 Å². The Morgan fingerprint density at radius 3 is 2.41 bits per heavy atom. The van der Waals surface area contributed by atoms with Crippen LogP contribution in [0.5, 0.6) is 5.88 Å². The van der Waals surface area contributed by atoms with Crippen LogP contribution >= 0.6 is 11.6 Å². The van der Waals surface area contributed by atoms with Gasteiger partial charge in [0.15, 0.2) is 5.15 Å². The highest BCUT2D eigenvalue weighted by Gasteiger charge is 2.48. The van der Waals surface area contributed by atoms with Gasteiger partial charge in [-0.1, -0.05) is 18.5 Å². The van der Waals surface area contributed by atoms with E-state index in [-0.39, 0.29) is 22.6 Å². The predicted molar refractivity (Wildman–Crippen MR) is 135 cm³/mol. The van der Waals surface area contributed by atoms with Crippen LogP contribution in [-0.4, -0.2) is 50.7 Å². The summed E-state index contributed by atoms with van der Waals surface area (Å²) in [4.78, 5) is 26.1. The number of aromatic nitrogens is 4. The quantitative estimate of drug-likeness (QED) is 0.450. The fourth-order valence-corrected chi connectivity index (χ4v) is 4.96. The number of rotatable bonds is 10. The maximum Gasteiger partial charge on any atom is 0.408 e. The van der Waals surface area contributed by atoms with Crippen LogP contribution in [0.25, 0.3) is 0 Å². The normalized spacial score (nSPS) is 17.3. The minimum Gasteiger partial charge on any atom is -0.480 e. The highest BCUT2D eigenvalue weighted by molar-refractivity contribution is 6.29. The molecule has 2 saturated carbocycles. The fraction of sp³-hybridized carbons (Fsp3) is 0.640. The molecule has 10 nitrogen and oxygen atoms in total. The number of nitrogens with zero attached hydrogens (tertiary/aromatic N) is 4. The van der Waals surface area contributed by atoms with Crippen molar-refractivity contribution in [2.24, 2.45) is 17.8 Å². The Balaban J connectivity index is 1.57. The van der Waals surface area contributed by atoms with Crippen molar-refractivity contribution >= 4 is 29.3 Å². The zero-order chi connectivity index (χ0) is 26.9. The molecule has 2 unspecified atom stereocenters. The smallest absolute Gasteiger partial charge is 0.408 e. The summed E-state index contributed by atoms with van der Waals surface area (Å²) >= 11 is 6.04. The fourth-order valence-electron chi connectivity index (χ4n) is 4.80. The van der Waals surface area contributed by atoms with Crippen LogP contribution < -0.4 is 15.4 Å². The first-order chi connectivity index (χ1) is 17.5. The van der Waals surface area contributed by atoms with Gasteiger partial charge in [0.25, 0.3) is 5.95 Å². The lowest BCUT2D eigenvalue weighted by Gasteiger charge is -2.28. The van der Waals surface area contributed by atoms with Gasteiger partial charge in [-0.3, -0.25) is 9.48 Å². The van der Waals surface area contributed by atoms with Crippen molar-refractivity contribution in [2.75, 3.05) is 12.4 Å². The third-order valence-electron chi connectivity index (χ3n) is 6.63. The van der Waals surface area contributed by atoms with Gasteiger partial charge in [-0.05, 0) is 76.7 Å². The van der Waals surface area contributed by atoms with Crippen molar-refractivity contribution in [3.05, 3.63) is 28.9 Å². The second kappa shape index (κ2) is 10.8. The molecule has 0 bridgehead atoms. The molecule has 0 saturated heterocycles. The van der Waals surface area contributed by atoms with E-state index in [1.54, 1.807) is 26.8 Å². The number of hydrogen-bond donors (Lipinski definition) is 2. The van der Waals surface area contributed by atoms with E-state index in [4.69, 9.17) is 21.1 Å². The molecular weight excluding hydrogens is 503 g/mol. The molecule has 2 amide bonds. The number of carbonyl (C=O) groups excluding carboxylic acids is 2. The summed E-state index contributed by atoms with van der Waals surface area (Å²) in [6.45, 7) is 7.17. The Labute approximate surface area is 220 Å². The molecule has 12 heteroatoms. The molecule has 0 radical (unpaired) electrons. The lowest BCUT2D eigenvalue weighted by Crippen LogP contribution is -2.51.